The van der Waals surface area contributed by atoms with Gasteiger partial charge in [0.05, 0.1) is 5.75 Å². The van der Waals surface area contributed by atoms with Crippen molar-refractivity contribution in [3.8, 4) is 0 Å². The Morgan fingerprint density at radius 3 is 2.33 bits per heavy atom. The van der Waals surface area contributed by atoms with Crippen LogP contribution in [0.4, 0.5) is 0 Å². The summed E-state index contributed by atoms with van der Waals surface area (Å²) in [5, 5.41) is 3.30. The summed E-state index contributed by atoms with van der Waals surface area (Å²) in [6, 6.07) is -0.0319. The fourth-order valence-corrected chi connectivity index (χ4v) is 3.65. The van der Waals surface area contributed by atoms with E-state index in [0.717, 1.165) is 32.4 Å². The van der Waals surface area contributed by atoms with Crippen LogP contribution < -0.4 is 10.0 Å². The molecule has 1 unspecified atom stereocenters. The fraction of sp³-hybridized carbons (Fsp3) is 1.00. The summed E-state index contributed by atoms with van der Waals surface area (Å²) in [6.07, 6.45) is 2.99. The van der Waals surface area contributed by atoms with E-state index in [4.69, 9.17) is 0 Å². The van der Waals surface area contributed by atoms with Gasteiger partial charge in [0.1, 0.15) is 0 Å². The molecule has 4 nitrogen and oxygen atoms in total. The van der Waals surface area contributed by atoms with E-state index in [-0.39, 0.29) is 17.2 Å². The quantitative estimate of drug-likeness (QED) is 0.804. The summed E-state index contributed by atoms with van der Waals surface area (Å²) in [7, 11) is -3.13. The molecule has 0 aromatic rings. The van der Waals surface area contributed by atoms with Crippen molar-refractivity contribution in [2.45, 2.75) is 53.0 Å². The monoisotopic (exact) mass is 276 g/mol. The Morgan fingerprint density at radius 2 is 1.83 bits per heavy atom. The zero-order valence-corrected chi connectivity index (χ0v) is 12.9. The van der Waals surface area contributed by atoms with E-state index in [2.05, 4.69) is 10.0 Å². The lowest BCUT2D eigenvalue weighted by Gasteiger charge is -2.28. The lowest BCUT2D eigenvalue weighted by Crippen LogP contribution is -2.42. The molecule has 5 heteroatoms. The minimum absolute atomic E-state index is 0.0319. The van der Waals surface area contributed by atoms with Crippen molar-refractivity contribution in [2.24, 2.45) is 11.3 Å². The Kier molecular flexibility index (Phi) is 5.62. The molecule has 0 saturated carbocycles. The average molecular weight is 276 g/mol. The summed E-state index contributed by atoms with van der Waals surface area (Å²) < 4.78 is 26.8. The van der Waals surface area contributed by atoms with Crippen LogP contribution in [0.1, 0.15) is 47.0 Å². The van der Waals surface area contributed by atoms with Crippen LogP contribution in [0.5, 0.6) is 0 Å². The highest BCUT2D eigenvalue weighted by atomic mass is 32.2. The van der Waals surface area contributed by atoms with E-state index < -0.39 is 10.0 Å². The first-order valence-corrected chi connectivity index (χ1v) is 8.56. The number of piperidine rings is 1. The first-order valence-electron chi connectivity index (χ1n) is 6.91. The van der Waals surface area contributed by atoms with Crippen LogP contribution in [0.2, 0.25) is 0 Å². The van der Waals surface area contributed by atoms with Crippen LogP contribution in [0.15, 0.2) is 0 Å². The highest BCUT2D eigenvalue weighted by molar-refractivity contribution is 7.89. The van der Waals surface area contributed by atoms with Gasteiger partial charge in [-0.15, -0.1) is 0 Å². The molecule has 0 aliphatic carbocycles. The van der Waals surface area contributed by atoms with Crippen LogP contribution in [0.25, 0.3) is 0 Å². The van der Waals surface area contributed by atoms with E-state index in [1.165, 1.54) is 0 Å². The summed E-state index contributed by atoms with van der Waals surface area (Å²) >= 11 is 0. The highest BCUT2D eigenvalue weighted by Crippen LogP contribution is 2.20. The first-order chi connectivity index (χ1) is 8.21. The molecule has 1 saturated heterocycles. The fourth-order valence-electron chi connectivity index (χ4n) is 2.00. The second-order valence-corrected chi connectivity index (χ2v) is 8.38. The Bertz CT molecular complexity index is 340. The summed E-state index contributed by atoms with van der Waals surface area (Å²) in [5.41, 5.74) is -0.0399. The van der Waals surface area contributed by atoms with Gasteiger partial charge in [-0.05, 0) is 50.6 Å². The number of rotatable bonds is 5. The van der Waals surface area contributed by atoms with Crippen LogP contribution in [0.3, 0.4) is 0 Å². The molecule has 0 aromatic heterocycles. The summed E-state index contributed by atoms with van der Waals surface area (Å²) in [6.45, 7) is 10.1. The highest BCUT2D eigenvalue weighted by Gasteiger charge is 2.25. The lowest BCUT2D eigenvalue weighted by molar-refractivity contribution is 0.316. The average Bonchev–Trinajstić information content (AvgIpc) is 2.26. The molecule has 18 heavy (non-hydrogen) atoms. The first kappa shape index (κ1) is 15.9. The predicted octanol–water partition coefficient (Wildman–Crippen LogP) is 1.73. The topological polar surface area (TPSA) is 58.2 Å². The molecule has 0 bridgehead atoms. The molecule has 1 fully saturated rings. The molecule has 1 heterocycles. The van der Waals surface area contributed by atoms with Gasteiger partial charge in [-0.1, -0.05) is 20.8 Å². The minimum atomic E-state index is -3.13. The molecule has 108 valence electrons. The zero-order chi connectivity index (χ0) is 13.8. The number of hydrogen-bond acceptors (Lipinski definition) is 3. The van der Waals surface area contributed by atoms with E-state index >= 15 is 0 Å². The molecule has 1 aliphatic rings. The van der Waals surface area contributed by atoms with Crippen molar-refractivity contribution in [1.82, 2.24) is 10.0 Å². The third-order valence-corrected chi connectivity index (χ3v) is 5.39. The standard InChI is InChI=1S/C13H28N2O2S/c1-11(13(2,3)4)15-18(16,17)10-7-12-5-8-14-9-6-12/h11-12,14-15H,5-10H2,1-4H3. The van der Waals surface area contributed by atoms with Gasteiger partial charge in [0.15, 0.2) is 0 Å². The van der Waals surface area contributed by atoms with Gasteiger partial charge in [0.2, 0.25) is 10.0 Å². The van der Waals surface area contributed by atoms with Gasteiger partial charge >= 0.3 is 0 Å². The maximum atomic E-state index is 12.0. The molecule has 0 amide bonds. The van der Waals surface area contributed by atoms with Crippen molar-refractivity contribution in [1.29, 1.82) is 0 Å². The van der Waals surface area contributed by atoms with Gasteiger partial charge in [-0.2, -0.15) is 0 Å². The second kappa shape index (κ2) is 6.35. The van der Waals surface area contributed by atoms with Gasteiger partial charge in [-0.3, -0.25) is 0 Å². The third kappa shape index (κ3) is 5.67. The Hall–Kier alpha value is -0.130. The van der Waals surface area contributed by atoms with Gasteiger partial charge in [0.25, 0.3) is 0 Å². The van der Waals surface area contributed by atoms with Crippen LogP contribution in [-0.4, -0.2) is 33.3 Å². The maximum absolute atomic E-state index is 12.0. The number of hydrogen-bond donors (Lipinski definition) is 2. The van der Waals surface area contributed by atoms with Crippen molar-refractivity contribution in [3.05, 3.63) is 0 Å². The van der Waals surface area contributed by atoms with E-state index in [1.54, 1.807) is 0 Å². The predicted molar refractivity (Wildman–Crippen MR) is 76.1 cm³/mol. The second-order valence-electron chi connectivity index (χ2n) is 6.51. The Balaban J connectivity index is 2.39. The van der Waals surface area contributed by atoms with E-state index in [1.807, 2.05) is 27.7 Å². The number of sulfonamides is 1. The SMILES string of the molecule is CC(NS(=O)(=O)CCC1CCNCC1)C(C)(C)C. The van der Waals surface area contributed by atoms with Crippen molar-refractivity contribution in [3.63, 3.8) is 0 Å². The maximum Gasteiger partial charge on any atom is 0.211 e. The van der Waals surface area contributed by atoms with Crippen molar-refractivity contribution in [2.75, 3.05) is 18.8 Å². The molecule has 1 atom stereocenters. The smallest absolute Gasteiger partial charge is 0.211 e. The minimum Gasteiger partial charge on any atom is -0.317 e. The van der Waals surface area contributed by atoms with Gasteiger partial charge in [-0.25, -0.2) is 13.1 Å². The molecule has 1 rings (SSSR count). The third-order valence-electron chi connectivity index (χ3n) is 3.91. The summed E-state index contributed by atoms with van der Waals surface area (Å²) in [4.78, 5) is 0. The Labute approximate surface area is 112 Å². The molecular formula is C13H28N2O2S. The molecule has 0 radical (unpaired) electrons. The molecule has 2 N–H and O–H groups in total. The van der Waals surface area contributed by atoms with Crippen molar-refractivity contribution >= 4 is 10.0 Å². The molecule has 1 aliphatic heterocycles. The van der Waals surface area contributed by atoms with Crippen LogP contribution in [-0.2, 0) is 10.0 Å². The molecule has 0 aromatic carbocycles. The van der Waals surface area contributed by atoms with Crippen LogP contribution >= 0.6 is 0 Å². The molecular weight excluding hydrogens is 248 g/mol. The van der Waals surface area contributed by atoms with E-state index in [9.17, 15) is 8.42 Å². The lowest BCUT2D eigenvalue weighted by atomic mass is 9.89. The van der Waals surface area contributed by atoms with Crippen LogP contribution in [0, 0.1) is 11.3 Å². The molecule has 0 spiro atoms. The Morgan fingerprint density at radius 1 is 1.28 bits per heavy atom. The zero-order valence-electron chi connectivity index (χ0n) is 12.1. The number of nitrogens with one attached hydrogen (secondary N) is 2. The van der Waals surface area contributed by atoms with Gasteiger partial charge < -0.3 is 5.32 Å². The normalized spacial score (nSPS) is 20.9. The van der Waals surface area contributed by atoms with E-state index in [0.29, 0.717) is 5.92 Å². The van der Waals surface area contributed by atoms with Crippen molar-refractivity contribution < 1.29 is 8.42 Å². The largest absolute Gasteiger partial charge is 0.317 e. The summed E-state index contributed by atoms with van der Waals surface area (Å²) in [5.74, 6) is 0.825. The van der Waals surface area contributed by atoms with Gasteiger partial charge in [0, 0.05) is 6.04 Å².